The summed E-state index contributed by atoms with van der Waals surface area (Å²) >= 11 is 1.63. The molecule has 2 aromatic rings. The van der Waals surface area contributed by atoms with Crippen LogP contribution in [-0.4, -0.2) is 42.0 Å². The zero-order valence-corrected chi connectivity index (χ0v) is 15.6. The van der Waals surface area contributed by atoms with Crippen LogP contribution in [0.15, 0.2) is 24.3 Å². The van der Waals surface area contributed by atoms with Gasteiger partial charge in [-0.1, -0.05) is 44.7 Å². The van der Waals surface area contributed by atoms with Gasteiger partial charge >= 0.3 is 0 Å². The lowest BCUT2D eigenvalue weighted by Crippen LogP contribution is -2.47. The minimum absolute atomic E-state index is 0.970. The van der Waals surface area contributed by atoms with Gasteiger partial charge < -0.3 is 4.90 Å². The van der Waals surface area contributed by atoms with E-state index in [1.807, 2.05) is 0 Å². The highest BCUT2D eigenvalue weighted by atomic mass is 32.1. The molecule has 2 fully saturated rings. The first-order chi connectivity index (χ1) is 11.8. The van der Waals surface area contributed by atoms with Gasteiger partial charge in [-0.15, -0.1) is 0 Å². The number of nitrogens with zero attached hydrogens (tertiary/aromatic N) is 3. The molecule has 3 nitrogen and oxygen atoms in total. The van der Waals surface area contributed by atoms with Crippen LogP contribution in [0.5, 0.6) is 0 Å². The lowest BCUT2D eigenvalue weighted by atomic mass is 9.81. The zero-order valence-electron chi connectivity index (χ0n) is 14.8. The molecule has 0 radical (unpaired) electrons. The summed E-state index contributed by atoms with van der Waals surface area (Å²) in [5.41, 5.74) is 0. The molecule has 1 aromatic carbocycles. The lowest BCUT2D eigenvalue weighted by Gasteiger charge is -2.36. The highest BCUT2D eigenvalue weighted by Crippen LogP contribution is 2.31. The van der Waals surface area contributed by atoms with E-state index in [-0.39, 0.29) is 0 Å². The second-order valence-electron chi connectivity index (χ2n) is 7.75. The van der Waals surface area contributed by atoms with E-state index in [1.54, 1.807) is 11.5 Å². The van der Waals surface area contributed by atoms with Crippen LogP contribution in [0, 0.1) is 11.8 Å². The minimum atomic E-state index is 0.970. The van der Waals surface area contributed by atoms with Gasteiger partial charge in [0, 0.05) is 31.6 Å². The third-order valence-electron chi connectivity index (χ3n) is 6.02. The van der Waals surface area contributed by atoms with E-state index in [2.05, 4.69) is 41.0 Å². The van der Waals surface area contributed by atoms with Gasteiger partial charge in [0.25, 0.3) is 0 Å². The molecule has 2 heterocycles. The van der Waals surface area contributed by atoms with Gasteiger partial charge in [0.1, 0.15) is 5.82 Å². The van der Waals surface area contributed by atoms with Gasteiger partial charge in [-0.3, -0.25) is 4.90 Å². The van der Waals surface area contributed by atoms with Crippen molar-refractivity contribution >= 4 is 27.4 Å². The Morgan fingerprint density at radius 2 is 1.79 bits per heavy atom. The number of hydrogen-bond acceptors (Lipinski definition) is 4. The molecule has 2 aliphatic rings. The third-order valence-corrected chi connectivity index (χ3v) is 6.84. The summed E-state index contributed by atoms with van der Waals surface area (Å²) in [5.74, 6) is 3.16. The molecule has 1 saturated heterocycles. The Morgan fingerprint density at radius 1 is 1.04 bits per heavy atom. The fraction of sp³-hybridized carbons (Fsp3) is 0.650. The standard InChI is InChI=1S/C20H29N3S/c1-16-6-8-17(9-7-16)10-11-22-12-14-23(15-13-22)20-18-4-2-3-5-19(18)24-21-20/h2-5,16-17H,6-15H2,1H3. The Bertz CT molecular complexity index is 652. The molecule has 130 valence electrons. The molecule has 1 saturated carbocycles. The van der Waals surface area contributed by atoms with Crippen LogP contribution in [0.3, 0.4) is 0 Å². The molecule has 0 spiro atoms. The second kappa shape index (κ2) is 7.40. The summed E-state index contributed by atoms with van der Waals surface area (Å²) < 4.78 is 6.03. The Morgan fingerprint density at radius 3 is 2.58 bits per heavy atom. The lowest BCUT2D eigenvalue weighted by molar-refractivity contribution is 0.208. The predicted molar refractivity (Wildman–Crippen MR) is 104 cm³/mol. The Hall–Kier alpha value is -1.13. The van der Waals surface area contributed by atoms with Crippen molar-refractivity contribution in [1.82, 2.24) is 9.27 Å². The van der Waals surface area contributed by atoms with Crippen molar-refractivity contribution in [3.05, 3.63) is 24.3 Å². The van der Waals surface area contributed by atoms with E-state index >= 15 is 0 Å². The number of anilines is 1. The van der Waals surface area contributed by atoms with Crippen molar-refractivity contribution in [3.8, 4) is 0 Å². The van der Waals surface area contributed by atoms with Crippen LogP contribution in [-0.2, 0) is 0 Å². The average molecular weight is 344 g/mol. The minimum Gasteiger partial charge on any atom is -0.353 e. The van der Waals surface area contributed by atoms with Crippen LogP contribution in [0.2, 0.25) is 0 Å². The number of aromatic nitrogens is 1. The largest absolute Gasteiger partial charge is 0.353 e. The smallest absolute Gasteiger partial charge is 0.150 e. The van der Waals surface area contributed by atoms with Crippen LogP contribution in [0.4, 0.5) is 5.82 Å². The predicted octanol–water partition coefficient (Wildman–Crippen LogP) is 4.63. The topological polar surface area (TPSA) is 19.4 Å². The first kappa shape index (κ1) is 16.3. The Labute approximate surface area is 149 Å². The molecule has 4 heteroatoms. The van der Waals surface area contributed by atoms with Crippen molar-refractivity contribution < 1.29 is 0 Å². The SMILES string of the molecule is CC1CCC(CCN2CCN(c3nsc4ccccc34)CC2)CC1. The van der Waals surface area contributed by atoms with E-state index in [4.69, 9.17) is 4.37 Å². The second-order valence-corrected chi connectivity index (χ2v) is 8.55. The maximum Gasteiger partial charge on any atom is 0.150 e. The van der Waals surface area contributed by atoms with Crippen molar-refractivity contribution in [1.29, 1.82) is 0 Å². The average Bonchev–Trinajstić information content (AvgIpc) is 3.06. The molecule has 0 atom stereocenters. The normalized spacial score (nSPS) is 26.1. The van der Waals surface area contributed by atoms with Crippen LogP contribution in [0.1, 0.15) is 39.0 Å². The van der Waals surface area contributed by atoms with Crippen LogP contribution in [0.25, 0.3) is 10.1 Å². The highest BCUT2D eigenvalue weighted by molar-refractivity contribution is 7.13. The summed E-state index contributed by atoms with van der Waals surface area (Å²) in [7, 11) is 0. The first-order valence-corrected chi connectivity index (χ1v) is 10.4. The molecule has 4 rings (SSSR count). The quantitative estimate of drug-likeness (QED) is 0.806. The van der Waals surface area contributed by atoms with Crippen LogP contribution >= 0.6 is 11.5 Å². The van der Waals surface area contributed by atoms with Crippen molar-refractivity contribution in [2.75, 3.05) is 37.6 Å². The molecule has 0 amide bonds. The number of hydrogen-bond donors (Lipinski definition) is 0. The van der Waals surface area contributed by atoms with E-state index in [1.165, 1.54) is 67.6 Å². The fourth-order valence-electron chi connectivity index (χ4n) is 4.27. The summed E-state index contributed by atoms with van der Waals surface area (Å²) in [6.07, 6.45) is 7.24. The Kier molecular flexibility index (Phi) is 5.04. The van der Waals surface area contributed by atoms with Gasteiger partial charge in [-0.05, 0) is 48.5 Å². The molecule has 0 unspecified atom stereocenters. The summed E-state index contributed by atoms with van der Waals surface area (Å²) in [6.45, 7) is 8.33. The molecular weight excluding hydrogens is 314 g/mol. The Balaban J connectivity index is 1.27. The molecule has 1 aliphatic carbocycles. The molecule has 1 aromatic heterocycles. The van der Waals surface area contributed by atoms with E-state index in [0.29, 0.717) is 0 Å². The summed E-state index contributed by atoms with van der Waals surface area (Å²) in [4.78, 5) is 5.15. The van der Waals surface area contributed by atoms with Gasteiger partial charge in [0.05, 0.1) is 4.70 Å². The van der Waals surface area contributed by atoms with Crippen molar-refractivity contribution in [2.45, 2.75) is 39.0 Å². The monoisotopic (exact) mass is 343 g/mol. The molecule has 24 heavy (non-hydrogen) atoms. The number of benzene rings is 1. The maximum atomic E-state index is 4.72. The van der Waals surface area contributed by atoms with Gasteiger partial charge in [-0.25, -0.2) is 0 Å². The third kappa shape index (κ3) is 3.60. The molecule has 0 bridgehead atoms. The van der Waals surface area contributed by atoms with Gasteiger partial charge in [-0.2, -0.15) is 4.37 Å². The van der Waals surface area contributed by atoms with E-state index in [0.717, 1.165) is 24.9 Å². The van der Waals surface area contributed by atoms with Gasteiger partial charge in [0.15, 0.2) is 0 Å². The number of rotatable bonds is 4. The van der Waals surface area contributed by atoms with Crippen molar-refractivity contribution in [2.24, 2.45) is 11.8 Å². The molecule has 0 N–H and O–H groups in total. The summed E-state index contributed by atoms with van der Waals surface area (Å²) in [6, 6.07) is 8.62. The van der Waals surface area contributed by atoms with E-state index < -0.39 is 0 Å². The summed E-state index contributed by atoms with van der Waals surface area (Å²) in [5, 5.41) is 1.33. The van der Waals surface area contributed by atoms with Crippen molar-refractivity contribution in [3.63, 3.8) is 0 Å². The zero-order chi connectivity index (χ0) is 16.4. The van der Waals surface area contributed by atoms with E-state index in [9.17, 15) is 0 Å². The maximum absolute atomic E-state index is 4.72. The highest BCUT2D eigenvalue weighted by Gasteiger charge is 2.22. The number of fused-ring (bicyclic) bond motifs is 1. The van der Waals surface area contributed by atoms with Crippen LogP contribution < -0.4 is 4.90 Å². The first-order valence-electron chi connectivity index (χ1n) is 9.61. The number of piperazine rings is 1. The molecule has 1 aliphatic heterocycles. The fourth-order valence-corrected chi connectivity index (χ4v) is 5.06. The molecular formula is C20H29N3S. The van der Waals surface area contributed by atoms with Gasteiger partial charge in [0.2, 0.25) is 0 Å².